The van der Waals surface area contributed by atoms with Crippen molar-refractivity contribution >= 4 is 23.8 Å². The molecule has 0 saturated carbocycles. The van der Waals surface area contributed by atoms with Crippen molar-refractivity contribution in [2.45, 2.75) is 38.3 Å². The summed E-state index contributed by atoms with van der Waals surface area (Å²) in [7, 11) is 0. The maximum absolute atomic E-state index is 11.6. The van der Waals surface area contributed by atoms with Gasteiger partial charge in [-0.2, -0.15) is 0 Å². The predicted octanol–water partition coefficient (Wildman–Crippen LogP) is -4.21. The van der Waals surface area contributed by atoms with Gasteiger partial charge in [0.2, 0.25) is 0 Å². The monoisotopic (exact) mass is 380 g/mol. The lowest BCUT2D eigenvalue weighted by molar-refractivity contribution is -0.157. The molecular weight excluding hydrogens is 356 g/mol. The highest BCUT2D eigenvalue weighted by Crippen LogP contribution is 2.06. The van der Waals surface area contributed by atoms with Crippen molar-refractivity contribution < 1.29 is 49.1 Å². The Hall–Kier alpha value is -2.28. The summed E-state index contributed by atoms with van der Waals surface area (Å²) in [5.74, 6) is -4.05. The third-order valence-corrected chi connectivity index (χ3v) is 2.96. The number of aliphatic hydroxyl groups excluding tert-OH is 4. The summed E-state index contributed by atoms with van der Waals surface area (Å²) in [6, 6.07) is 0. The number of amides is 2. The minimum absolute atomic E-state index is 0.0751. The number of esters is 2. The molecule has 0 aliphatic rings. The fraction of sp³-hybridized carbons (Fsp3) is 0.714. The molecule has 150 valence electrons. The molecule has 0 aromatic rings. The lowest BCUT2D eigenvalue weighted by Crippen LogP contribution is -2.55. The van der Waals surface area contributed by atoms with Gasteiger partial charge in [0, 0.05) is 0 Å². The summed E-state index contributed by atoms with van der Waals surface area (Å²) < 4.78 is 9.07. The first-order valence-corrected chi connectivity index (χ1v) is 7.74. The Morgan fingerprint density at radius 1 is 0.731 bits per heavy atom. The molecule has 0 bridgehead atoms. The molecule has 0 aromatic carbocycles. The zero-order chi connectivity index (χ0) is 20.3. The first kappa shape index (κ1) is 23.7. The molecule has 2 amide bonds. The van der Waals surface area contributed by atoms with Crippen LogP contribution in [0.5, 0.6) is 0 Å². The zero-order valence-electron chi connectivity index (χ0n) is 14.4. The van der Waals surface area contributed by atoms with Crippen LogP contribution in [0.25, 0.3) is 0 Å². The summed E-state index contributed by atoms with van der Waals surface area (Å²) in [5.41, 5.74) is 0. The lowest BCUT2D eigenvalue weighted by atomic mass is 10.0. The minimum Gasteiger partial charge on any atom is -0.465 e. The summed E-state index contributed by atoms with van der Waals surface area (Å²) in [4.78, 5) is 45.4. The maximum atomic E-state index is 11.6. The van der Waals surface area contributed by atoms with Gasteiger partial charge in [-0.1, -0.05) is 0 Å². The van der Waals surface area contributed by atoms with Crippen LogP contribution in [0.1, 0.15) is 13.8 Å². The van der Waals surface area contributed by atoms with Crippen LogP contribution < -0.4 is 10.6 Å². The van der Waals surface area contributed by atoms with Crippen molar-refractivity contribution in [1.82, 2.24) is 10.6 Å². The Kier molecular flexibility index (Phi) is 11.1. The van der Waals surface area contributed by atoms with Crippen LogP contribution in [-0.4, -0.2) is 94.9 Å². The second-order valence-corrected chi connectivity index (χ2v) is 4.92. The predicted molar refractivity (Wildman–Crippen MR) is 83.3 cm³/mol. The molecule has 0 fully saturated rings. The van der Waals surface area contributed by atoms with E-state index < -0.39 is 61.3 Å². The Morgan fingerprint density at radius 3 is 1.31 bits per heavy atom. The van der Waals surface area contributed by atoms with Gasteiger partial charge in [-0.15, -0.1) is 0 Å². The van der Waals surface area contributed by atoms with E-state index >= 15 is 0 Å². The summed E-state index contributed by atoms with van der Waals surface area (Å²) in [6.45, 7) is 2.06. The number of carbonyl (C=O) groups is 4. The molecule has 0 spiro atoms. The smallest absolute Gasteiger partial charge is 0.325 e. The zero-order valence-corrected chi connectivity index (χ0v) is 14.4. The highest BCUT2D eigenvalue weighted by molar-refractivity contribution is 5.87. The number of carbonyl (C=O) groups excluding carboxylic acids is 4. The van der Waals surface area contributed by atoms with E-state index in [9.17, 15) is 39.6 Å². The van der Waals surface area contributed by atoms with Crippen molar-refractivity contribution in [1.29, 1.82) is 0 Å². The Bertz CT molecular complexity index is 454. The third-order valence-electron chi connectivity index (χ3n) is 2.96. The lowest BCUT2D eigenvalue weighted by Gasteiger charge is -2.25. The number of ether oxygens (including phenoxy) is 2. The second-order valence-electron chi connectivity index (χ2n) is 4.92. The maximum Gasteiger partial charge on any atom is 0.325 e. The number of hydrogen-bond acceptors (Lipinski definition) is 10. The van der Waals surface area contributed by atoms with E-state index in [1.165, 1.54) is 0 Å². The minimum atomic E-state index is -2.25. The second kappa shape index (κ2) is 12.1. The van der Waals surface area contributed by atoms with Gasteiger partial charge in [0.05, 0.1) is 13.2 Å². The topological polar surface area (TPSA) is 192 Å². The molecule has 0 unspecified atom stereocenters. The normalized spacial score (nSPS) is 15.2. The van der Waals surface area contributed by atoms with E-state index in [0.29, 0.717) is 0 Å². The van der Waals surface area contributed by atoms with Crippen molar-refractivity contribution in [2.75, 3.05) is 26.3 Å². The highest BCUT2D eigenvalue weighted by atomic mass is 16.5. The Labute approximate surface area is 149 Å². The largest absolute Gasteiger partial charge is 0.465 e. The molecule has 0 aliphatic carbocycles. The molecule has 12 heteroatoms. The van der Waals surface area contributed by atoms with Gasteiger partial charge in [-0.25, -0.2) is 0 Å². The summed E-state index contributed by atoms with van der Waals surface area (Å²) >= 11 is 0. The van der Waals surface area contributed by atoms with E-state index in [4.69, 9.17) is 0 Å². The van der Waals surface area contributed by atoms with Crippen LogP contribution in [0.4, 0.5) is 0 Å². The molecule has 0 aromatic heterocycles. The molecule has 4 atom stereocenters. The Morgan fingerprint density at radius 2 is 1.04 bits per heavy atom. The van der Waals surface area contributed by atoms with E-state index in [-0.39, 0.29) is 13.2 Å². The van der Waals surface area contributed by atoms with E-state index in [1.54, 1.807) is 13.8 Å². The number of rotatable bonds is 11. The standard InChI is InChI=1S/C14H24N2O10/c1-3-25-7(17)5-15-13(23)11(21)9(19)10(20)12(22)14(24)16-6-8(18)26-4-2/h9-12,19-22H,3-6H2,1-2H3,(H,15,23)(H,16,24)/t9-,10-,11-,12+/m0/s1. The molecule has 0 radical (unpaired) electrons. The Balaban J connectivity index is 4.54. The van der Waals surface area contributed by atoms with Crippen LogP contribution in [0.2, 0.25) is 0 Å². The molecule has 6 N–H and O–H groups in total. The van der Waals surface area contributed by atoms with Gasteiger partial charge in [0.1, 0.15) is 25.3 Å². The average molecular weight is 380 g/mol. The van der Waals surface area contributed by atoms with Crippen molar-refractivity contribution in [3.8, 4) is 0 Å². The van der Waals surface area contributed by atoms with E-state index in [0.717, 1.165) is 0 Å². The average Bonchev–Trinajstić information content (AvgIpc) is 2.62. The highest BCUT2D eigenvalue weighted by Gasteiger charge is 2.37. The van der Waals surface area contributed by atoms with Crippen LogP contribution in [0.15, 0.2) is 0 Å². The van der Waals surface area contributed by atoms with E-state index in [2.05, 4.69) is 9.47 Å². The first-order valence-electron chi connectivity index (χ1n) is 7.74. The van der Waals surface area contributed by atoms with Crippen LogP contribution in [0, 0.1) is 0 Å². The molecule has 0 rings (SSSR count). The van der Waals surface area contributed by atoms with Gasteiger partial charge >= 0.3 is 11.9 Å². The summed E-state index contributed by atoms with van der Waals surface area (Å²) in [5, 5.41) is 42.5. The van der Waals surface area contributed by atoms with Crippen molar-refractivity contribution in [3.05, 3.63) is 0 Å². The van der Waals surface area contributed by atoms with Crippen molar-refractivity contribution in [2.24, 2.45) is 0 Å². The van der Waals surface area contributed by atoms with E-state index in [1.807, 2.05) is 10.6 Å². The van der Waals surface area contributed by atoms with Gasteiger partial charge in [0.15, 0.2) is 12.2 Å². The molecule has 0 aliphatic heterocycles. The van der Waals surface area contributed by atoms with Gasteiger partial charge in [-0.3, -0.25) is 19.2 Å². The number of hydrogen-bond donors (Lipinski definition) is 6. The first-order chi connectivity index (χ1) is 12.1. The van der Waals surface area contributed by atoms with Gasteiger partial charge in [-0.05, 0) is 13.8 Å². The van der Waals surface area contributed by atoms with Crippen LogP contribution >= 0.6 is 0 Å². The number of aliphatic hydroxyl groups is 4. The molecule has 0 saturated heterocycles. The third kappa shape index (κ3) is 8.20. The molecular formula is C14H24N2O10. The van der Waals surface area contributed by atoms with Crippen LogP contribution in [0.3, 0.4) is 0 Å². The fourth-order valence-electron chi connectivity index (χ4n) is 1.64. The summed E-state index contributed by atoms with van der Waals surface area (Å²) in [6.07, 6.45) is -8.99. The quantitative estimate of drug-likeness (QED) is 0.191. The molecule has 0 heterocycles. The molecule has 26 heavy (non-hydrogen) atoms. The fourth-order valence-corrected chi connectivity index (χ4v) is 1.64. The SMILES string of the molecule is CCOC(=O)CNC(=O)[C@@H](O)[C@@H](O)[C@H](O)[C@@H](O)C(=O)NCC(=O)OCC. The van der Waals surface area contributed by atoms with Crippen LogP contribution in [-0.2, 0) is 28.7 Å². The van der Waals surface area contributed by atoms with Crippen molar-refractivity contribution in [3.63, 3.8) is 0 Å². The van der Waals surface area contributed by atoms with Gasteiger partial charge < -0.3 is 40.5 Å². The molecule has 12 nitrogen and oxygen atoms in total. The number of nitrogens with one attached hydrogen (secondary N) is 2. The van der Waals surface area contributed by atoms with Gasteiger partial charge in [0.25, 0.3) is 11.8 Å².